The largest absolute Gasteiger partial charge is 0.454 e. The van der Waals surface area contributed by atoms with Gasteiger partial charge in [0.25, 0.3) is 0 Å². The van der Waals surface area contributed by atoms with Crippen LogP contribution in [-0.2, 0) is 5.41 Å². The first-order valence-corrected chi connectivity index (χ1v) is 10.5. The summed E-state index contributed by atoms with van der Waals surface area (Å²) in [5.41, 5.74) is 1.50. The number of guanidine groups is 1. The van der Waals surface area contributed by atoms with Gasteiger partial charge in [0.2, 0.25) is 6.79 Å². The minimum atomic E-state index is 0.170. The van der Waals surface area contributed by atoms with Crippen molar-refractivity contribution < 1.29 is 9.47 Å². The van der Waals surface area contributed by atoms with E-state index in [1.54, 1.807) is 0 Å². The van der Waals surface area contributed by atoms with Gasteiger partial charge in [0.15, 0.2) is 17.5 Å². The molecule has 1 aromatic heterocycles. The molecule has 154 valence electrons. The van der Waals surface area contributed by atoms with Gasteiger partial charge in [-0.05, 0) is 42.9 Å². The van der Waals surface area contributed by atoms with E-state index in [2.05, 4.69) is 50.0 Å². The highest BCUT2D eigenvalue weighted by molar-refractivity contribution is 5.80. The zero-order valence-electron chi connectivity index (χ0n) is 17.2. The van der Waals surface area contributed by atoms with Gasteiger partial charge in [0, 0.05) is 44.5 Å². The van der Waals surface area contributed by atoms with Crippen molar-refractivity contribution in [1.29, 1.82) is 0 Å². The van der Waals surface area contributed by atoms with Gasteiger partial charge < -0.3 is 24.3 Å². The van der Waals surface area contributed by atoms with Crippen LogP contribution in [0.2, 0.25) is 0 Å². The summed E-state index contributed by atoms with van der Waals surface area (Å²) in [6.45, 7) is 5.53. The maximum absolute atomic E-state index is 5.58. The summed E-state index contributed by atoms with van der Waals surface area (Å²) < 4.78 is 13.3. The Labute approximate surface area is 171 Å². The molecule has 2 fully saturated rings. The molecule has 0 radical (unpaired) electrons. The second kappa shape index (κ2) is 7.28. The molecule has 1 N–H and O–H groups in total. The number of nitrogens with zero attached hydrogens (tertiary/aromatic N) is 4. The SMILES string of the molecule is CN=C(NCC1(c2ccc3c(c2)OCO3)CC1)N1CCC(C)C(n2ccnc2)C1. The fourth-order valence-electron chi connectivity index (χ4n) is 4.62. The Morgan fingerprint density at radius 1 is 1.31 bits per heavy atom. The average Bonchev–Trinajstić information content (AvgIpc) is 3.14. The summed E-state index contributed by atoms with van der Waals surface area (Å²) in [5, 5.41) is 3.67. The van der Waals surface area contributed by atoms with Gasteiger partial charge >= 0.3 is 0 Å². The molecule has 3 aliphatic rings. The summed E-state index contributed by atoms with van der Waals surface area (Å²) in [6.07, 6.45) is 9.38. The van der Waals surface area contributed by atoms with Gasteiger partial charge in [-0.2, -0.15) is 0 Å². The third-order valence-electron chi connectivity index (χ3n) is 6.76. The smallest absolute Gasteiger partial charge is 0.231 e. The maximum Gasteiger partial charge on any atom is 0.231 e. The van der Waals surface area contributed by atoms with Crippen LogP contribution in [0.25, 0.3) is 0 Å². The van der Waals surface area contributed by atoms with Gasteiger partial charge in [0.05, 0.1) is 12.4 Å². The molecular formula is C22H29N5O2. The van der Waals surface area contributed by atoms with Crippen LogP contribution in [0, 0.1) is 5.92 Å². The molecule has 1 saturated carbocycles. The van der Waals surface area contributed by atoms with E-state index in [1.165, 1.54) is 18.4 Å². The molecule has 2 atom stereocenters. The maximum atomic E-state index is 5.58. The summed E-state index contributed by atoms with van der Waals surface area (Å²) in [5.74, 6) is 3.34. The van der Waals surface area contributed by atoms with Gasteiger partial charge in [0.1, 0.15) is 0 Å². The standard InChI is InChI=1S/C22H29N5O2/c1-16-5-9-26(12-18(16)27-10-8-24-14-27)21(23-2)25-13-22(6-7-22)17-3-4-19-20(11-17)29-15-28-19/h3-4,8,10-11,14,16,18H,5-7,9,12-13,15H2,1-2H3,(H,23,25). The molecule has 2 aliphatic heterocycles. The number of piperidine rings is 1. The van der Waals surface area contributed by atoms with Crippen molar-refractivity contribution in [2.45, 2.75) is 37.6 Å². The van der Waals surface area contributed by atoms with Crippen LogP contribution in [0.15, 0.2) is 41.9 Å². The number of fused-ring (bicyclic) bond motifs is 1. The highest BCUT2D eigenvalue weighted by Gasteiger charge is 2.45. The number of rotatable bonds is 4. The van der Waals surface area contributed by atoms with E-state index in [-0.39, 0.29) is 5.41 Å². The number of imidazole rings is 1. The molecule has 0 spiro atoms. The van der Waals surface area contributed by atoms with Crippen LogP contribution in [0.3, 0.4) is 0 Å². The highest BCUT2D eigenvalue weighted by Crippen LogP contribution is 2.50. The lowest BCUT2D eigenvalue weighted by atomic mass is 9.93. The molecule has 0 bridgehead atoms. The Bertz CT molecular complexity index is 891. The van der Waals surface area contributed by atoms with E-state index in [0.717, 1.165) is 43.5 Å². The average molecular weight is 396 g/mol. The number of nitrogens with one attached hydrogen (secondary N) is 1. The molecule has 2 aromatic rings. The second-order valence-electron chi connectivity index (χ2n) is 8.54. The molecule has 0 amide bonds. The van der Waals surface area contributed by atoms with Crippen LogP contribution in [0.4, 0.5) is 0 Å². The first kappa shape index (κ1) is 18.3. The van der Waals surface area contributed by atoms with Crippen molar-refractivity contribution in [2.24, 2.45) is 10.9 Å². The molecule has 3 heterocycles. The third-order valence-corrected chi connectivity index (χ3v) is 6.76. The van der Waals surface area contributed by atoms with E-state index in [0.29, 0.717) is 18.8 Å². The number of likely N-dealkylation sites (tertiary alicyclic amines) is 1. The number of benzene rings is 1. The number of hydrogen-bond acceptors (Lipinski definition) is 4. The number of aromatic nitrogens is 2. The van der Waals surface area contributed by atoms with Crippen molar-refractivity contribution in [3.8, 4) is 11.5 Å². The predicted molar refractivity (Wildman–Crippen MR) is 111 cm³/mol. The van der Waals surface area contributed by atoms with Gasteiger partial charge in [-0.1, -0.05) is 13.0 Å². The van der Waals surface area contributed by atoms with Crippen LogP contribution in [-0.4, -0.2) is 53.9 Å². The zero-order valence-corrected chi connectivity index (χ0v) is 17.2. The number of ether oxygens (including phenoxy) is 2. The normalized spacial score (nSPS) is 25.2. The third kappa shape index (κ3) is 3.43. The predicted octanol–water partition coefficient (Wildman–Crippen LogP) is 2.80. The van der Waals surface area contributed by atoms with E-state index < -0.39 is 0 Å². The Balaban J connectivity index is 1.26. The lowest BCUT2D eigenvalue weighted by Gasteiger charge is -2.39. The molecule has 5 rings (SSSR count). The molecule has 1 aromatic carbocycles. The molecule has 29 heavy (non-hydrogen) atoms. The van der Waals surface area contributed by atoms with Crippen molar-refractivity contribution in [3.05, 3.63) is 42.5 Å². The second-order valence-corrected chi connectivity index (χ2v) is 8.54. The molecule has 1 aliphatic carbocycles. The molecule has 7 heteroatoms. The van der Waals surface area contributed by atoms with Gasteiger partial charge in [-0.3, -0.25) is 4.99 Å². The fraction of sp³-hybridized carbons (Fsp3) is 0.545. The summed E-state index contributed by atoms with van der Waals surface area (Å²) in [4.78, 5) is 11.2. The Morgan fingerprint density at radius 2 is 2.17 bits per heavy atom. The first-order valence-electron chi connectivity index (χ1n) is 10.5. The van der Waals surface area contributed by atoms with Crippen molar-refractivity contribution in [2.75, 3.05) is 33.5 Å². The van der Waals surface area contributed by atoms with Crippen LogP contribution >= 0.6 is 0 Å². The summed E-state index contributed by atoms with van der Waals surface area (Å²) >= 11 is 0. The summed E-state index contributed by atoms with van der Waals surface area (Å²) in [6, 6.07) is 6.79. The van der Waals surface area contributed by atoms with E-state index >= 15 is 0 Å². The Hall–Kier alpha value is -2.70. The van der Waals surface area contributed by atoms with Crippen molar-refractivity contribution >= 4 is 5.96 Å². The van der Waals surface area contributed by atoms with E-state index in [9.17, 15) is 0 Å². The minimum Gasteiger partial charge on any atom is -0.454 e. The van der Waals surface area contributed by atoms with Gasteiger partial charge in [-0.25, -0.2) is 4.98 Å². The van der Waals surface area contributed by atoms with E-state index in [1.807, 2.05) is 25.6 Å². The number of hydrogen-bond donors (Lipinski definition) is 1. The molecule has 1 saturated heterocycles. The summed E-state index contributed by atoms with van der Waals surface area (Å²) in [7, 11) is 1.88. The lowest BCUT2D eigenvalue weighted by molar-refractivity contribution is 0.174. The van der Waals surface area contributed by atoms with Crippen molar-refractivity contribution in [3.63, 3.8) is 0 Å². The van der Waals surface area contributed by atoms with Crippen LogP contribution < -0.4 is 14.8 Å². The minimum absolute atomic E-state index is 0.170. The first-order chi connectivity index (χ1) is 14.2. The lowest BCUT2D eigenvalue weighted by Crippen LogP contribution is -2.50. The Morgan fingerprint density at radius 3 is 2.93 bits per heavy atom. The monoisotopic (exact) mass is 395 g/mol. The quantitative estimate of drug-likeness (QED) is 0.637. The number of aliphatic imine (C=N–C) groups is 1. The highest BCUT2D eigenvalue weighted by atomic mass is 16.7. The topological polar surface area (TPSA) is 63.9 Å². The van der Waals surface area contributed by atoms with Gasteiger partial charge in [-0.15, -0.1) is 0 Å². The molecular weight excluding hydrogens is 366 g/mol. The van der Waals surface area contributed by atoms with E-state index in [4.69, 9.17) is 9.47 Å². The Kier molecular flexibility index (Phi) is 4.60. The van der Waals surface area contributed by atoms with Crippen LogP contribution in [0.5, 0.6) is 11.5 Å². The van der Waals surface area contributed by atoms with Crippen molar-refractivity contribution in [1.82, 2.24) is 19.8 Å². The fourth-order valence-corrected chi connectivity index (χ4v) is 4.62. The molecule has 7 nitrogen and oxygen atoms in total. The van der Waals surface area contributed by atoms with Crippen LogP contribution in [0.1, 0.15) is 37.8 Å². The molecule has 2 unspecified atom stereocenters. The zero-order chi connectivity index (χ0) is 19.8.